The minimum atomic E-state index is -0.176. The number of ether oxygens (including phenoxy) is 1. The highest BCUT2D eigenvalue weighted by Gasteiger charge is 2.20. The molecule has 0 bridgehead atoms. The molecule has 0 radical (unpaired) electrons. The molecule has 4 nitrogen and oxygen atoms in total. The molecule has 1 aromatic rings. The lowest BCUT2D eigenvalue weighted by molar-refractivity contribution is -0.117. The van der Waals surface area contributed by atoms with Crippen LogP contribution in [-0.2, 0) is 4.79 Å². The highest BCUT2D eigenvalue weighted by molar-refractivity contribution is 5.91. The topological polar surface area (TPSA) is 64.3 Å². The molecule has 0 aromatic heterocycles. The van der Waals surface area contributed by atoms with E-state index in [-0.39, 0.29) is 11.3 Å². The van der Waals surface area contributed by atoms with Crippen molar-refractivity contribution < 1.29 is 9.53 Å². The van der Waals surface area contributed by atoms with E-state index in [1.165, 1.54) is 0 Å². The van der Waals surface area contributed by atoms with Crippen LogP contribution in [0.15, 0.2) is 18.2 Å². The number of anilines is 1. The minimum absolute atomic E-state index is 0.0148. The molecule has 106 valence electrons. The van der Waals surface area contributed by atoms with Crippen molar-refractivity contribution >= 4 is 11.6 Å². The Hall–Kier alpha value is -1.55. The second kappa shape index (κ2) is 6.57. The van der Waals surface area contributed by atoms with Gasteiger partial charge >= 0.3 is 0 Å². The summed E-state index contributed by atoms with van der Waals surface area (Å²) in [6.07, 6.45) is 0.412. The molecule has 1 aromatic carbocycles. The average Bonchev–Trinajstić information content (AvgIpc) is 2.32. The molecule has 0 aliphatic carbocycles. The Bertz CT molecular complexity index is 442. The van der Waals surface area contributed by atoms with E-state index in [0.29, 0.717) is 19.6 Å². The quantitative estimate of drug-likeness (QED) is 0.830. The van der Waals surface area contributed by atoms with Crippen LogP contribution >= 0.6 is 0 Å². The van der Waals surface area contributed by atoms with E-state index in [1.807, 2.05) is 45.9 Å². The van der Waals surface area contributed by atoms with Crippen LogP contribution in [0, 0.1) is 12.3 Å². The Morgan fingerprint density at radius 1 is 1.42 bits per heavy atom. The summed E-state index contributed by atoms with van der Waals surface area (Å²) in [5.41, 5.74) is 7.25. The highest BCUT2D eigenvalue weighted by atomic mass is 16.5. The van der Waals surface area contributed by atoms with Gasteiger partial charge in [-0.1, -0.05) is 13.8 Å². The van der Waals surface area contributed by atoms with Gasteiger partial charge in [0.2, 0.25) is 5.91 Å². The van der Waals surface area contributed by atoms with Gasteiger partial charge in [0.05, 0.1) is 6.61 Å². The summed E-state index contributed by atoms with van der Waals surface area (Å²) in [5, 5.41) is 2.89. The lowest BCUT2D eigenvalue weighted by Crippen LogP contribution is -2.29. The molecule has 1 amide bonds. The molecule has 0 aliphatic heterocycles. The van der Waals surface area contributed by atoms with Gasteiger partial charge in [-0.15, -0.1) is 0 Å². The zero-order valence-corrected chi connectivity index (χ0v) is 12.2. The fraction of sp³-hybridized carbons (Fsp3) is 0.533. The lowest BCUT2D eigenvalue weighted by atomic mass is 9.89. The van der Waals surface area contributed by atoms with Gasteiger partial charge in [0.15, 0.2) is 0 Å². The normalized spacial score (nSPS) is 11.2. The van der Waals surface area contributed by atoms with Crippen molar-refractivity contribution in [1.82, 2.24) is 0 Å². The maximum absolute atomic E-state index is 11.9. The number of aryl methyl sites for hydroxylation is 1. The maximum Gasteiger partial charge on any atom is 0.224 e. The lowest BCUT2D eigenvalue weighted by Gasteiger charge is -2.21. The number of nitrogens with two attached hydrogens (primary N) is 1. The number of carbonyl (C=O) groups is 1. The predicted octanol–water partition coefficient (Wildman–Crippen LogP) is 2.71. The predicted molar refractivity (Wildman–Crippen MR) is 78.4 cm³/mol. The van der Waals surface area contributed by atoms with Gasteiger partial charge in [-0.2, -0.15) is 0 Å². The zero-order chi connectivity index (χ0) is 14.5. The molecule has 0 saturated heterocycles. The van der Waals surface area contributed by atoms with E-state index in [0.717, 1.165) is 17.0 Å². The number of hydrogen-bond donors (Lipinski definition) is 2. The molecule has 0 saturated carbocycles. The van der Waals surface area contributed by atoms with Crippen LogP contribution in [-0.4, -0.2) is 19.1 Å². The molecule has 4 heteroatoms. The molecule has 1 rings (SSSR count). The third-order valence-corrected chi connectivity index (χ3v) is 2.95. The largest absolute Gasteiger partial charge is 0.494 e. The summed E-state index contributed by atoms with van der Waals surface area (Å²) >= 11 is 0. The standard InChI is InChI=1S/C15H24N2O2/c1-5-19-13-7-6-12(8-11(13)2)17-14(18)9-15(3,4)10-16/h6-8H,5,9-10,16H2,1-4H3,(H,17,18). The van der Waals surface area contributed by atoms with Crippen LogP contribution in [0.1, 0.15) is 32.8 Å². The van der Waals surface area contributed by atoms with Gasteiger partial charge in [-0.05, 0) is 49.6 Å². The van der Waals surface area contributed by atoms with E-state index in [9.17, 15) is 4.79 Å². The van der Waals surface area contributed by atoms with E-state index < -0.39 is 0 Å². The van der Waals surface area contributed by atoms with Crippen LogP contribution < -0.4 is 15.8 Å². The molecular formula is C15H24N2O2. The van der Waals surface area contributed by atoms with Gasteiger partial charge in [0.25, 0.3) is 0 Å². The van der Waals surface area contributed by atoms with Crippen LogP contribution in [0.2, 0.25) is 0 Å². The third-order valence-electron chi connectivity index (χ3n) is 2.95. The second-order valence-electron chi connectivity index (χ2n) is 5.51. The number of amides is 1. The Morgan fingerprint density at radius 3 is 2.63 bits per heavy atom. The monoisotopic (exact) mass is 264 g/mol. The van der Waals surface area contributed by atoms with E-state index in [4.69, 9.17) is 10.5 Å². The van der Waals surface area contributed by atoms with Gasteiger partial charge in [-0.3, -0.25) is 4.79 Å². The van der Waals surface area contributed by atoms with Crippen molar-refractivity contribution in [2.24, 2.45) is 11.1 Å². The molecule has 19 heavy (non-hydrogen) atoms. The molecule has 3 N–H and O–H groups in total. The SMILES string of the molecule is CCOc1ccc(NC(=O)CC(C)(C)CN)cc1C. The van der Waals surface area contributed by atoms with Crippen molar-refractivity contribution in [2.75, 3.05) is 18.5 Å². The molecule has 0 aliphatic rings. The summed E-state index contributed by atoms with van der Waals surface area (Å²) in [4.78, 5) is 11.9. The summed E-state index contributed by atoms with van der Waals surface area (Å²) in [7, 11) is 0. The molecular weight excluding hydrogens is 240 g/mol. The van der Waals surface area contributed by atoms with Gasteiger partial charge < -0.3 is 15.8 Å². The Kier molecular flexibility index (Phi) is 5.36. The van der Waals surface area contributed by atoms with Gasteiger partial charge in [0.1, 0.15) is 5.75 Å². The van der Waals surface area contributed by atoms with Crippen molar-refractivity contribution in [1.29, 1.82) is 0 Å². The van der Waals surface area contributed by atoms with Crippen LogP contribution in [0.25, 0.3) is 0 Å². The van der Waals surface area contributed by atoms with Crippen LogP contribution in [0.5, 0.6) is 5.75 Å². The first-order valence-corrected chi connectivity index (χ1v) is 6.61. The number of rotatable bonds is 6. The molecule has 0 fully saturated rings. The maximum atomic E-state index is 11.9. The Labute approximate surface area is 115 Å². The summed E-state index contributed by atoms with van der Waals surface area (Å²) in [5.74, 6) is 0.835. The van der Waals surface area contributed by atoms with Gasteiger partial charge in [-0.25, -0.2) is 0 Å². The molecule has 0 spiro atoms. The smallest absolute Gasteiger partial charge is 0.224 e. The first-order valence-electron chi connectivity index (χ1n) is 6.61. The van der Waals surface area contributed by atoms with Crippen molar-refractivity contribution in [3.8, 4) is 5.75 Å². The molecule has 0 atom stereocenters. The number of nitrogens with one attached hydrogen (secondary N) is 1. The number of carbonyl (C=O) groups excluding carboxylic acids is 1. The third kappa shape index (κ3) is 4.91. The first kappa shape index (κ1) is 15.5. The van der Waals surface area contributed by atoms with Crippen LogP contribution in [0.4, 0.5) is 5.69 Å². The average molecular weight is 264 g/mol. The van der Waals surface area contributed by atoms with E-state index in [1.54, 1.807) is 0 Å². The number of benzene rings is 1. The van der Waals surface area contributed by atoms with Crippen LogP contribution in [0.3, 0.4) is 0 Å². The second-order valence-corrected chi connectivity index (χ2v) is 5.51. The molecule has 0 unspecified atom stereocenters. The fourth-order valence-corrected chi connectivity index (χ4v) is 1.76. The Balaban J connectivity index is 2.67. The summed E-state index contributed by atoms with van der Waals surface area (Å²) < 4.78 is 5.47. The fourth-order valence-electron chi connectivity index (χ4n) is 1.76. The number of hydrogen-bond acceptors (Lipinski definition) is 3. The van der Waals surface area contributed by atoms with Crippen molar-refractivity contribution in [3.05, 3.63) is 23.8 Å². The van der Waals surface area contributed by atoms with E-state index >= 15 is 0 Å². The zero-order valence-electron chi connectivity index (χ0n) is 12.2. The van der Waals surface area contributed by atoms with Crippen molar-refractivity contribution in [2.45, 2.75) is 34.1 Å². The summed E-state index contributed by atoms with van der Waals surface area (Å²) in [6, 6.07) is 5.65. The van der Waals surface area contributed by atoms with E-state index in [2.05, 4.69) is 5.32 Å². The Morgan fingerprint density at radius 2 is 2.11 bits per heavy atom. The highest BCUT2D eigenvalue weighted by Crippen LogP contribution is 2.23. The minimum Gasteiger partial charge on any atom is -0.494 e. The van der Waals surface area contributed by atoms with Gasteiger partial charge in [0, 0.05) is 12.1 Å². The summed E-state index contributed by atoms with van der Waals surface area (Å²) in [6.45, 7) is 9.00. The molecule has 0 heterocycles. The first-order chi connectivity index (χ1) is 8.88. The van der Waals surface area contributed by atoms with Crippen molar-refractivity contribution in [3.63, 3.8) is 0 Å².